The number of carbonyl (C=O) groups excluding carboxylic acids is 2. The van der Waals surface area contributed by atoms with Crippen LogP contribution in [0.2, 0.25) is 0 Å². The molecule has 1 heterocycles. The van der Waals surface area contributed by atoms with Crippen molar-refractivity contribution in [1.82, 2.24) is 10.2 Å². The van der Waals surface area contributed by atoms with Crippen LogP contribution in [0.15, 0.2) is 0 Å². The summed E-state index contributed by atoms with van der Waals surface area (Å²) in [5.41, 5.74) is 0.0659. The van der Waals surface area contributed by atoms with Crippen molar-refractivity contribution in [2.24, 2.45) is 23.7 Å². The molecule has 1 saturated heterocycles. The average molecular weight is 363 g/mol. The molecule has 0 aromatic heterocycles. The predicted octanol–water partition coefficient (Wildman–Crippen LogP) is 2.74. The lowest BCUT2D eigenvalue weighted by molar-refractivity contribution is -0.151. The second-order valence-corrected chi connectivity index (χ2v) is 9.45. The third kappa shape index (κ3) is 3.51. The van der Waals surface area contributed by atoms with Gasteiger partial charge >= 0.3 is 5.97 Å². The van der Waals surface area contributed by atoms with Crippen molar-refractivity contribution < 1.29 is 14.3 Å². The number of hydrogen-bond donors (Lipinski definition) is 1. The number of rotatable bonds is 5. The van der Waals surface area contributed by atoms with E-state index >= 15 is 0 Å². The summed E-state index contributed by atoms with van der Waals surface area (Å²) in [6.45, 7) is 5.82. The molecule has 0 spiro atoms. The first-order chi connectivity index (χ1) is 12.5. The molecule has 1 N–H and O–H groups in total. The zero-order chi connectivity index (χ0) is 18.3. The standard InChI is InChI=1S/C21H34N2O3/c1-3-26-20(25)18-5-4-6-23(13-18)14(2)19(24)22-21-10-15-7-16(11-21)9-17(8-15)12-21/h14-18H,3-13H2,1-2H3,(H,22,24). The maximum atomic E-state index is 13.1. The first-order valence-corrected chi connectivity index (χ1v) is 10.7. The van der Waals surface area contributed by atoms with Crippen molar-refractivity contribution in [1.29, 1.82) is 0 Å². The molecule has 4 aliphatic carbocycles. The van der Waals surface area contributed by atoms with Crippen LogP contribution in [0.3, 0.4) is 0 Å². The summed E-state index contributed by atoms with van der Waals surface area (Å²) in [6.07, 6.45) is 9.54. The lowest BCUT2D eigenvalue weighted by atomic mass is 9.53. The SMILES string of the molecule is CCOC(=O)C1CCCN(C(C)C(=O)NC23CC4CC(CC(C4)C2)C3)C1. The smallest absolute Gasteiger partial charge is 0.310 e. The van der Waals surface area contributed by atoms with E-state index in [9.17, 15) is 9.59 Å². The topological polar surface area (TPSA) is 58.6 Å². The van der Waals surface area contributed by atoms with Gasteiger partial charge in [0.1, 0.15) is 0 Å². The molecule has 4 bridgehead atoms. The monoisotopic (exact) mass is 362 g/mol. The summed E-state index contributed by atoms with van der Waals surface area (Å²) in [4.78, 5) is 27.3. The van der Waals surface area contributed by atoms with Crippen molar-refractivity contribution in [3.05, 3.63) is 0 Å². The van der Waals surface area contributed by atoms with E-state index < -0.39 is 0 Å². The Balaban J connectivity index is 1.36. The Morgan fingerprint density at radius 1 is 1.15 bits per heavy atom. The molecule has 5 aliphatic rings. The van der Waals surface area contributed by atoms with Gasteiger partial charge in [-0.3, -0.25) is 14.5 Å². The van der Waals surface area contributed by atoms with E-state index in [4.69, 9.17) is 4.74 Å². The van der Waals surface area contributed by atoms with Gasteiger partial charge < -0.3 is 10.1 Å². The average Bonchev–Trinajstić information content (AvgIpc) is 2.59. The van der Waals surface area contributed by atoms with Crippen LogP contribution in [0.4, 0.5) is 0 Å². The van der Waals surface area contributed by atoms with Crippen molar-refractivity contribution >= 4 is 11.9 Å². The van der Waals surface area contributed by atoms with Crippen LogP contribution in [0.5, 0.6) is 0 Å². The van der Waals surface area contributed by atoms with E-state index in [1.54, 1.807) is 0 Å². The number of esters is 1. The van der Waals surface area contributed by atoms with E-state index in [0.717, 1.165) is 37.1 Å². The number of amides is 1. The first-order valence-electron chi connectivity index (χ1n) is 10.7. The van der Waals surface area contributed by atoms with Gasteiger partial charge in [-0.25, -0.2) is 0 Å². The fourth-order valence-corrected chi connectivity index (χ4v) is 6.61. The highest BCUT2D eigenvalue weighted by molar-refractivity contribution is 5.82. The second-order valence-electron chi connectivity index (χ2n) is 9.45. The van der Waals surface area contributed by atoms with Crippen molar-refractivity contribution in [2.75, 3.05) is 19.7 Å². The summed E-state index contributed by atoms with van der Waals surface area (Å²) in [6, 6.07) is -0.166. The van der Waals surface area contributed by atoms with Gasteiger partial charge in [-0.1, -0.05) is 0 Å². The predicted molar refractivity (Wildman–Crippen MR) is 99.4 cm³/mol. The van der Waals surface area contributed by atoms with Gasteiger partial charge in [0.05, 0.1) is 18.6 Å². The molecule has 5 fully saturated rings. The molecule has 26 heavy (non-hydrogen) atoms. The molecule has 1 aliphatic heterocycles. The highest BCUT2D eigenvalue weighted by Crippen LogP contribution is 2.55. The van der Waals surface area contributed by atoms with Crippen LogP contribution in [0.1, 0.15) is 65.2 Å². The Hall–Kier alpha value is -1.10. The second kappa shape index (κ2) is 7.14. The number of ether oxygens (including phenoxy) is 1. The van der Waals surface area contributed by atoms with Gasteiger partial charge in [-0.05, 0) is 89.5 Å². The Morgan fingerprint density at radius 3 is 2.35 bits per heavy atom. The van der Waals surface area contributed by atoms with E-state index in [0.29, 0.717) is 13.2 Å². The Kier molecular flexibility index (Phi) is 5.02. The van der Waals surface area contributed by atoms with Gasteiger partial charge in [0, 0.05) is 12.1 Å². The Morgan fingerprint density at radius 2 is 1.77 bits per heavy atom. The van der Waals surface area contributed by atoms with E-state index in [-0.39, 0.29) is 29.4 Å². The van der Waals surface area contributed by atoms with Gasteiger partial charge in [0.2, 0.25) is 5.91 Å². The van der Waals surface area contributed by atoms with Crippen molar-refractivity contribution in [2.45, 2.75) is 76.8 Å². The van der Waals surface area contributed by atoms with Gasteiger partial charge in [-0.2, -0.15) is 0 Å². The highest BCUT2D eigenvalue weighted by atomic mass is 16.5. The zero-order valence-electron chi connectivity index (χ0n) is 16.3. The van der Waals surface area contributed by atoms with Crippen LogP contribution in [-0.2, 0) is 14.3 Å². The minimum atomic E-state index is -0.166. The molecule has 5 nitrogen and oxygen atoms in total. The van der Waals surface area contributed by atoms with Crippen LogP contribution < -0.4 is 5.32 Å². The summed E-state index contributed by atoms with van der Waals surface area (Å²) >= 11 is 0. The molecule has 1 amide bonds. The Bertz CT molecular complexity index is 526. The van der Waals surface area contributed by atoms with Gasteiger partial charge in [0.15, 0.2) is 0 Å². The molecule has 5 heteroatoms. The van der Waals surface area contributed by atoms with Crippen LogP contribution in [0, 0.1) is 23.7 Å². The number of nitrogens with one attached hydrogen (secondary N) is 1. The molecule has 146 valence electrons. The largest absolute Gasteiger partial charge is 0.466 e. The molecule has 2 unspecified atom stereocenters. The molecule has 5 rings (SSSR count). The molecule has 0 aromatic rings. The van der Waals surface area contributed by atoms with E-state index in [2.05, 4.69) is 10.2 Å². The van der Waals surface area contributed by atoms with E-state index in [1.165, 1.54) is 38.5 Å². The lowest BCUT2D eigenvalue weighted by Gasteiger charge is -2.57. The number of piperidine rings is 1. The number of nitrogens with zero attached hydrogens (tertiary/aromatic N) is 1. The maximum absolute atomic E-state index is 13.1. The summed E-state index contributed by atoms with van der Waals surface area (Å²) in [5.74, 6) is 2.47. The minimum Gasteiger partial charge on any atom is -0.466 e. The fourth-order valence-electron chi connectivity index (χ4n) is 6.61. The fraction of sp³-hybridized carbons (Fsp3) is 0.905. The van der Waals surface area contributed by atoms with E-state index in [1.807, 2.05) is 13.8 Å². The normalized spacial score (nSPS) is 40.2. The molecule has 2 atom stereocenters. The number of carbonyl (C=O) groups is 2. The summed E-state index contributed by atoms with van der Waals surface area (Å²) < 4.78 is 5.19. The minimum absolute atomic E-state index is 0.0659. The summed E-state index contributed by atoms with van der Waals surface area (Å²) in [7, 11) is 0. The third-order valence-electron chi connectivity index (χ3n) is 7.43. The summed E-state index contributed by atoms with van der Waals surface area (Å²) in [5, 5.41) is 3.49. The number of likely N-dealkylation sites (tertiary alicyclic amines) is 1. The van der Waals surface area contributed by atoms with Crippen molar-refractivity contribution in [3.63, 3.8) is 0 Å². The third-order valence-corrected chi connectivity index (χ3v) is 7.43. The quantitative estimate of drug-likeness (QED) is 0.764. The van der Waals surface area contributed by atoms with Crippen LogP contribution in [-0.4, -0.2) is 48.1 Å². The van der Waals surface area contributed by atoms with Gasteiger partial charge in [0.25, 0.3) is 0 Å². The zero-order valence-corrected chi connectivity index (χ0v) is 16.3. The molecule has 0 radical (unpaired) electrons. The first kappa shape index (κ1) is 18.3. The molecular formula is C21H34N2O3. The number of hydrogen-bond acceptors (Lipinski definition) is 4. The van der Waals surface area contributed by atoms with Crippen LogP contribution in [0.25, 0.3) is 0 Å². The Labute approximate surface area is 157 Å². The lowest BCUT2D eigenvalue weighted by Crippen LogP contribution is -2.62. The highest BCUT2D eigenvalue weighted by Gasteiger charge is 2.52. The van der Waals surface area contributed by atoms with Crippen molar-refractivity contribution in [3.8, 4) is 0 Å². The molecule has 0 aromatic carbocycles. The molecule has 4 saturated carbocycles. The molecular weight excluding hydrogens is 328 g/mol. The van der Waals surface area contributed by atoms with Gasteiger partial charge in [-0.15, -0.1) is 0 Å². The van der Waals surface area contributed by atoms with Crippen LogP contribution >= 0.6 is 0 Å². The maximum Gasteiger partial charge on any atom is 0.310 e.